The molecule has 3 atom stereocenters. The molecule has 0 aliphatic carbocycles. The number of ketones is 1. The van der Waals surface area contributed by atoms with Crippen LogP contribution in [0.1, 0.15) is 31.0 Å². The van der Waals surface area contributed by atoms with E-state index in [4.69, 9.17) is 4.74 Å². The Morgan fingerprint density at radius 2 is 2.07 bits per heavy atom. The minimum absolute atomic E-state index is 0.0878. The molecule has 0 N–H and O–H groups in total. The van der Waals surface area contributed by atoms with Crippen LogP contribution in [0.2, 0.25) is 0 Å². The first-order valence-corrected chi connectivity index (χ1v) is 10.1. The molecule has 3 heterocycles. The number of hydrogen-bond acceptors (Lipinski definition) is 5. The van der Waals surface area contributed by atoms with Gasteiger partial charge in [-0.3, -0.25) is 14.2 Å². The predicted molar refractivity (Wildman–Crippen MR) is 107 cm³/mol. The van der Waals surface area contributed by atoms with E-state index in [9.17, 15) is 14.0 Å². The van der Waals surface area contributed by atoms with Gasteiger partial charge in [0.15, 0.2) is 4.80 Å². The quantitative estimate of drug-likeness (QED) is 0.654. The number of Topliss-reactive ketones (excluding diaryl/α,β-unsaturated/α-hetero) is 1. The summed E-state index contributed by atoms with van der Waals surface area (Å²) < 4.78 is 21.7. The van der Waals surface area contributed by atoms with Gasteiger partial charge >= 0.3 is 0 Å². The van der Waals surface area contributed by atoms with Crippen molar-refractivity contribution < 1.29 is 13.9 Å². The number of carbonyl (C=O) groups is 1. The van der Waals surface area contributed by atoms with Crippen molar-refractivity contribution >= 4 is 23.2 Å². The molecule has 0 fully saturated rings. The molecule has 5 nitrogen and oxygen atoms in total. The number of benzene rings is 2. The Morgan fingerprint density at radius 1 is 1.28 bits per heavy atom. The number of thiazole rings is 1. The lowest BCUT2D eigenvalue weighted by Gasteiger charge is -2.45. The lowest BCUT2D eigenvalue weighted by Crippen LogP contribution is -2.58. The van der Waals surface area contributed by atoms with Gasteiger partial charge in [0.05, 0.1) is 10.6 Å². The Bertz CT molecular complexity index is 1340. The zero-order valence-electron chi connectivity index (χ0n) is 15.8. The van der Waals surface area contributed by atoms with Crippen LogP contribution >= 0.6 is 11.3 Å². The number of halogens is 1. The lowest BCUT2D eigenvalue weighted by atomic mass is 9.79. The summed E-state index contributed by atoms with van der Waals surface area (Å²) >= 11 is 1.22. The molecule has 29 heavy (non-hydrogen) atoms. The van der Waals surface area contributed by atoms with Crippen LogP contribution in [0.3, 0.4) is 0 Å². The Balaban J connectivity index is 1.81. The van der Waals surface area contributed by atoms with Gasteiger partial charge in [-0.1, -0.05) is 41.7 Å². The highest BCUT2D eigenvalue weighted by atomic mass is 32.1. The SMILES string of the molecule is CC(=O)[C@@H]1[C@@H]2c3ccccc3O[C@]1(C)N=c1s/c(=C\c3cccc(F)c3)c(=O)n12. The second-order valence-electron chi connectivity index (χ2n) is 7.46. The summed E-state index contributed by atoms with van der Waals surface area (Å²) in [6, 6.07) is 13.0. The molecule has 0 saturated heterocycles. The standard InChI is InChI=1S/C22H17FN2O3S/c1-12(26)18-19-15-8-3-4-9-16(15)28-22(18,2)24-21-25(19)20(27)17(29-21)11-13-6-5-7-14(23)10-13/h3-11,18-19H,1-2H3/b17-11-/t18-,19+,22+/m1/s1. The first kappa shape index (κ1) is 18.0. The van der Waals surface area contributed by atoms with E-state index in [0.717, 1.165) is 5.56 Å². The number of rotatable bonds is 2. The maximum Gasteiger partial charge on any atom is 0.270 e. The van der Waals surface area contributed by atoms with Crippen LogP contribution in [0.25, 0.3) is 6.08 Å². The summed E-state index contributed by atoms with van der Waals surface area (Å²) in [4.78, 5) is 31.1. The van der Waals surface area contributed by atoms with E-state index in [1.54, 1.807) is 29.7 Å². The third-order valence-electron chi connectivity index (χ3n) is 5.46. The summed E-state index contributed by atoms with van der Waals surface area (Å²) in [5, 5.41) is 0. The summed E-state index contributed by atoms with van der Waals surface area (Å²) in [5.74, 6) is -0.442. The minimum Gasteiger partial charge on any atom is -0.465 e. The van der Waals surface area contributed by atoms with E-state index in [2.05, 4.69) is 4.99 Å². The number of carbonyl (C=O) groups excluding carboxylic acids is 1. The molecule has 146 valence electrons. The molecular formula is C22H17FN2O3S. The van der Waals surface area contributed by atoms with Crippen LogP contribution in [-0.2, 0) is 4.79 Å². The van der Waals surface area contributed by atoms with Crippen molar-refractivity contribution in [3.8, 4) is 5.75 Å². The van der Waals surface area contributed by atoms with E-state index in [-0.39, 0.29) is 17.2 Å². The fraction of sp³-hybridized carbons (Fsp3) is 0.227. The van der Waals surface area contributed by atoms with E-state index in [1.165, 1.54) is 30.4 Å². The van der Waals surface area contributed by atoms with Gasteiger partial charge in [0.25, 0.3) is 5.56 Å². The van der Waals surface area contributed by atoms with E-state index < -0.39 is 17.7 Å². The number of aromatic nitrogens is 1. The fourth-order valence-corrected chi connectivity index (χ4v) is 5.40. The molecule has 0 amide bonds. The molecule has 1 aromatic heterocycles. The molecule has 7 heteroatoms. The van der Waals surface area contributed by atoms with Gasteiger partial charge in [0.1, 0.15) is 23.3 Å². The summed E-state index contributed by atoms with van der Waals surface area (Å²) in [5.41, 5.74) is 0.0555. The number of fused-ring (bicyclic) bond motifs is 6. The molecule has 0 spiro atoms. The first-order chi connectivity index (χ1) is 13.9. The van der Waals surface area contributed by atoms with E-state index in [1.807, 2.05) is 24.3 Å². The van der Waals surface area contributed by atoms with Crippen molar-refractivity contribution in [1.29, 1.82) is 0 Å². The second-order valence-corrected chi connectivity index (χ2v) is 8.47. The molecule has 0 radical (unpaired) electrons. The highest BCUT2D eigenvalue weighted by molar-refractivity contribution is 7.07. The van der Waals surface area contributed by atoms with Crippen LogP contribution in [-0.4, -0.2) is 16.1 Å². The minimum atomic E-state index is -1.09. The zero-order valence-corrected chi connectivity index (χ0v) is 16.6. The van der Waals surface area contributed by atoms with Gasteiger partial charge in [-0.15, -0.1) is 0 Å². The fourth-order valence-electron chi connectivity index (χ4n) is 4.30. The van der Waals surface area contributed by atoms with Crippen molar-refractivity contribution in [2.24, 2.45) is 10.9 Å². The predicted octanol–water partition coefficient (Wildman–Crippen LogP) is 2.41. The molecule has 2 aromatic carbocycles. The van der Waals surface area contributed by atoms with E-state index in [0.29, 0.717) is 20.6 Å². The van der Waals surface area contributed by atoms with Gasteiger partial charge in [-0.25, -0.2) is 9.38 Å². The van der Waals surface area contributed by atoms with Gasteiger partial charge in [-0.2, -0.15) is 0 Å². The molecule has 0 saturated carbocycles. The van der Waals surface area contributed by atoms with Crippen molar-refractivity contribution in [2.45, 2.75) is 25.6 Å². The van der Waals surface area contributed by atoms with Gasteiger partial charge in [-0.05, 0) is 43.7 Å². The van der Waals surface area contributed by atoms with Crippen LogP contribution in [0.5, 0.6) is 5.75 Å². The second kappa shape index (κ2) is 6.22. The van der Waals surface area contributed by atoms with Crippen molar-refractivity contribution in [1.82, 2.24) is 4.57 Å². The normalized spacial score (nSPS) is 24.9. The molecule has 2 aliphatic heterocycles. The molecular weight excluding hydrogens is 391 g/mol. The highest BCUT2D eigenvalue weighted by Gasteiger charge is 2.53. The Morgan fingerprint density at radius 3 is 2.83 bits per heavy atom. The number of hydrogen-bond donors (Lipinski definition) is 0. The third-order valence-corrected chi connectivity index (χ3v) is 6.45. The smallest absolute Gasteiger partial charge is 0.270 e. The molecule has 0 unspecified atom stereocenters. The number of nitrogens with zero attached hydrogens (tertiary/aromatic N) is 2. The Labute approximate surface area is 169 Å². The third kappa shape index (κ3) is 2.68. The molecule has 2 bridgehead atoms. The van der Waals surface area contributed by atoms with Crippen molar-refractivity contribution in [2.75, 3.05) is 0 Å². The topological polar surface area (TPSA) is 60.7 Å². The largest absolute Gasteiger partial charge is 0.465 e. The molecule has 5 rings (SSSR count). The van der Waals surface area contributed by atoms with Crippen molar-refractivity contribution in [3.63, 3.8) is 0 Å². The zero-order chi connectivity index (χ0) is 20.3. The Hall–Kier alpha value is -3.06. The van der Waals surface area contributed by atoms with Crippen LogP contribution in [0.4, 0.5) is 4.39 Å². The molecule has 3 aromatic rings. The molecule has 2 aliphatic rings. The highest BCUT2D eigenvalue weighted by Crippen LogP contribution is 2.47. The van der Waals surface area contributed by atoms with Gasteiger partial charge in [0, 0.05) is 5.56 Å². The summed E-state index contributed by atoms with van der Waals surface area (Å²) in [7, 11) is 0. The number of ether oxygens (including phenoxy) is 1. The summed E-state index contributed by atoms with van der Waals surface area (Å²) in [6.45, 7) is 3.29. The van der Waals surface area contributed by atoms with Crippen LogP contribution < -0.4 is 19.6 Å². The maximum absolute atomic E-state index is 13.6. The van der Waals surface area contributed by atoms with Gasteiger partial charge in [0.2, 0.25) is 5.72 Å². The van der Waals surface area contributed by atoms with E-state index >= 15 is 0 Å². The monoisotopic (exact) mass is 408 g/mol. The van der Waals surface area contributed by atoms with Crippen molar-refractivity contribution in [3.05, 3.63) is 85.2 Å². The van der Waals surface area contributed by atoms with Crippen LogP contribution in [0.15, 0.2) is 58.3 Å². The first-order valence-electron chi connectivity index (χ1n) is 9.24. The number of para-hydroxylation sites is 1. The lowest BCUT2D eigenvalue weighted by molar-refractivity contribution is -0.132. The average Bonchev–Trinajstić information content (AvgIpc) is 2.94. The van der Waals surface area contributed by atoms with Gasteiger partial charge < -0.3 is 4.74 Å². The Kier molecular flexibility index (Phi) is 3.86. The van der Waals surface area contributed by atoms with Crippen LogP contribution in [0, 0.1) is 11.7 Å². The maximum atomic E-state index is 13.6. The average molecular weight is 408 g/mol. The summed E-state index contributed by atoms with van der Waals surface area (Å²) in [6.07, 6.45) is 1.65.